The van der Waals surface area contributed by atoms with Crippen molar-refractivity contribution in [3.63, 3.8) is 0 Å². The Labute approximate surface area is 106 Å². The Morgan fingerprint density at radius 3 is 2.18 bits per heavy atom. The summed E-state index contributed by atoms with van der Waals surface area (Å²) in [6.45, 7) is 12.2. The van der Waals surface area contributed by atoms with Crippen molar-refractivity contribution in [2.45, 2.75) is 53.5 Å². The molecule has 1 N–H and O–H groups in total. The Morgan fingerprint density at radius 2 is 1.82 bits per heavy atom. The van der Waals surface area contributed by atoms with Crippen LogP contribution in [0, 0.1) is 5.92 Å². The minimum atomic E-state index is -0.820. The summed E-state index contributed by atoms with van der Waals surface area (Å²) in [5.74, 6) is -0.215. The molecule has 0 aromatic heterocycles. The molecule has 0 atom stereocenters. The Balaban J connectivity index is 4.58. The van der Waals surface area contributed by atoms with Gasteiger partial charge in [0.1, 0.15) is 0 Å². The lowest BCUT2D eigenvalue weighted by atomic mass is 10.1. The summed E-state index contributed by atoms with van der Waals surface area (Å²) >= 11 is 0. The highest BCUT2D eigenvalue weighted by Crippen LogP contribution is 2.12. The Kier molecular flexibility index (Phi) is 7.88. The topological polar surface area (TPSA) is 40.5 Å². The van der Waals surface area contributed by atoms with Gasteiger partial charge in [0.15, 0.2) is 0 Å². The van der Waals surface area contributed by atoms with Gasteiger partial charge >= 0.3 is 5.97 Å². The van der Waals surface area contributed by atoms with E-state index in [1.165, 1.54) is 0 Å². The maximum absolute atomic E-state index is 10.8. The largest absolute Gasteiger partial charge is 0.478 e. The van der Waals surface area contributed by atoms with Gasteiger partial charge in [-0.05, 0) is 25.7 Å². The number of aliphatic carboxylic acids is 1. The molecule has 0 rings (SSSR count). The quantitative estimate of drug-likeness (QED) is 0.664. The number of carboxylic acid groups (broad SMARTS) is 1. The molecule has 0 aliphatic carbocycles. The summed E-state index contributed by atoms with van der Waals surface area (Å²) in [4.78, 5) is 13.1. The predicted molar refractivity (Wildman–Crippen MR) is 72.2 cm³/mol. The third kappa shape index (κ3) is 6.47. The molecule has 0 amide bonds. The van der Waals surface area contributed by atoms with Gasteiger partial charge in [-0.25, -0.2) is 4.79 Å². The van der Waals surface area contributed by atoms with Crippen molar-refractivity contribution in [3.05, 3.63) is 11.6 Å². The molecule has 3 heteroatoms. The first-order chi connectivity index (χ1) is 7.92. The highest BCUT2D eigenvalue weighted by Gasteiger charge is 2.15. The lowest BCUT2D eigenvalue weighted by molar-refractivity contribution is -0.132. The molecule has 0 spiro atoms. The number of hydrogen-bond donors (Lipinski definition) is 1. The average Bonchev–Trinajstić information content (AvgIpc) is 2.25. The van der Waals surface area contributed by atoms with Crippen molar-refractivity contribution in [2.24, 2.45) is 5.92 Å². The maximum atomic E-state index is 10.8. The SMILES string of the molecule is CCC(CC)N(CC=C(C)C(=O)O)CC(C)C. The molecule has 0 aromatic carbocycles. The molecule has 3 nitrogen and oxygen atoms in total. The molecule has 0 aliphatic rings. The first-order valence-electron chi connectivity index (χ1n) is 6.56. The van der Waals surface area contributed by atoms with Gasteiger partial charge in [0.2, 0.25) is 0 Å². The Hall–Kier alpha value is -0.830. The van der Waals surface area contributed by atoms with Crippen LogP contribution >= 0.6 is 0 Å². The van der Waals surface area contributed by atoms with Crippen LogP contribution < -0.4 is 0 Å². The second kappa shape index (κ2) is 8.29. The number of hydrogen-bond acceptors (Lipinski definition) is 2. The molecule has 0 aliphatic heterocycles. The minimum absolute atomic E-state index is 0.435. The first-order valence-corrected chi connectivity index (χ1v) is 6.56. The number of carboxylic acids is 1. The van der Waals surface area contributed by atoms with Crippen LogP contribution in [-0.4, -0.2) is 35.1 Å². The van der Waals surface area contributed by atoms with Gasteiger partial charge in [-0.15, -0.1) is 0 Å². The van der Waals surface area contributed by atoms with Crippen molar-refractivity contribution in [3.8, 4) is 0 Å². The predicted octanol–water partition coefficient (Wildman–Crippen LogP) is 3.16. The molecular formula is C14H27NO2. The summed E-state index contributed by atoms with van der Waals surface area (Å²) in [5, 5.41) is 8.84. The van der Waals surface area contributed by atoms with E-state index in [9.17, 15) is 4.79 Å². The van der Waals surface area contributed by atoms with Crippen LogP contribution in [0.3, 0.4) is 0 Å². The molecule has 0 fully saturated rings. The third-order valence-corrected chi connectivity index (χ3v) is 3.03. The van der Waals surface area contributed by atoms with Gasteiger partial charge in [-0.3, -0.25) is 4.90 Å². The Morgan fingerprint density at radius 1 is 1.29 bits per heavy atom. The normalized spacial score (nSPS) is 12.8. The molecule has 0 unspecified atom stereocenters. The summed E-state index contributed by atoms with van der Waals surface area (Å²) in [7, 11) is 0. The Bertz CT molecular complexity index is 255. The number of nitrogens with zero attached hydrogens (tertiary/aromatic N) is 1. The summed E-state index contributed by atoms with van der Waals surface area (Å²) in [5.41, 5.74) is 0.435. The van der Waals surface area contributed by atoms with Crippen LogP contribution in [0.4, 0.5) is 0 Å². The van der Waals surface area contributed by atoms with E-state index in [2.05, 4.69) is 32.6 Å². The van der Waals surface area contributed by atoms with E-state index >= 15 is 0 Å². The van der Waals surface area contributed by atoms with E-state index in [1.807, 2.05) is 6.08 Å². The number of rotatable bonds is 8. The van der Waals surface area contributed by atoms with Crippen molar-refractivity contribution in [2.75, 3.05) is 13.1 Å². The van der Waals surface area contributed by atoms with E-state index in [-0.39, 0.29) is 0 Å². The molecule has 0 heterocycles. The molecule has 0 saturated carbocycles. The van der Waals surface area contributed by atoms with E-state index in [0.29, 0.717) is 17.5 Å². The zero-order chi connectivity index (χ0) is 13.4. The van der Waals surface area contributed by atoms with Gasteiger partial charge in [-0.2, -0.15) is 0 Å². The average molecular weight is 241 g/mol. The molecule has 100 valence electrons. The second-order valence-corrected chi connectivity index (χ2v) is 5.01. The van der Waals surface area contributed by atoms with Crippen LogP contribution in [0.15, 0.2) is 11.6 Å². The smallest absolute Gasteiger partial charge is 0.330 e. The van der Waals surface area contributed by atoms with Gasteiger partial charge < -0.3 is 5.11 Å². The van der Waals surface area contributed by atoms with Crippen LogP contribution in [0.1, 0.15) is 47.5 Å². The fraction of sp³-hybridized carbons (Fsp3) is 0.786. The molecule has 0 aromatic rings. The highest BCUT2D eigenvalue weighted by atomic mass is 16.4. The van der Waals surface area contributed by atoms with Gasteiger partial charge in [0.25, 0.3) is 0 Å². The number of carbonyl (C=O) groups is 1. The molecule has 0 saturated heterocycles. The summed E-state index contributed by atoms with van der Waals surface area (Å²) in [6, 6.07) is 0.551. The van der Waals surface area contributed by atoms with E-state index < -0.39 is 5.97 Å². The molecule has 0 radical (unpaired) electrons. The highest BCUT2D eigenvalue weighted by molar-refractivity contribution is 5.85. The first kappa shape index (κ1) is 16.2. The van der Waals surface area contributed by atoms with Crippen LogP contribution in [-0.2, 0) is 4.79 Å². The van der Waals surface area contributed by atoms with Crippen molar-refractivity contribution in [1.82, 2.24) is 4.90 Å². The molecular weight excluding hydrogens is 214 g/mol. The molecule has 17 heavy (non-hydrogen) atoms. The van der Waals surface area contributed by atoms with E-state index in [1.54, 1.807) is 6.92 Å². The zero-order valence-electron chi connectivity index (χ0n) is 11.9. The minimum Gasteiger partial charge on any atom is -0.478 e. The van der Waals surface area contributed by atoms with Crippen LogP contribution in [0.2, 0.25) is 0 Å². The summed E-state index contributed by atoms with van der Waals surface area (Å²) in [6.07, 6.45) is 4.05. The lowest BCUT2D eigenvalue weighted by Gasteiger charge is -2.31. The third-order valence-electron chi connectivity index (χ3n) is 3.03. The van der Waals surface area contributed by atoms with Gasteiger partial charge in [0, 0.05) is 24.7 Å². The van der Waals surface area contributed by atoms with Gasteiger partial charge in [-0.1, -0.05) is 33.8 Å². The lowest BCUT2D eigenvalue weighted by Crippen LogP contribution is -2.37. The van der Waals surface area contributed by atoms with E-state index in [0.717, 1.165) is 25.9 Å². The van der Waals surface area contributed by atoms with Crippen molar-refractivity contribution >= 4 is 5.97 Å². The van der Waals surface area contributed by atoms with Gasteiger partial charge in [0.05, 0.1) is 0 Å². The second-order valence-electron chi connectivity index (χ2n) is 5.01. The van der Waals surface area contributed by atoms with Crippen molar-refractivity contribution in [1.29, 1.82) is 0 Å². The summed E-state index contributed by atoms with van der Waals surface area (Å²) < 4.78 is 0. The van der Waals surface area contributed by atoms with E-state index in [4.69, 9.17) is 5.11 Å². The fourth-order valence-corrected chi connectivity index (χ4v) is 1.99. The van der Waals surface area contributed by atoms with Crippen LogP contribution in [0.5, 0.6) is 0 Å². The maximum Gasteiger partial charge on any atom is 0.330 e. The monoisotopic (exact) mass is 241 g/mol. The van der Waals surface area contributed by atoms with Crippen LogP contribution in [0.25, 0.3) is 0 Å². The standard InChI is InChI=1S/C14H27NO2/c1-6-13(7-2)15(10-11(3)4)9-8-12(5)14(16)17/h8,11,13H,6-7,9-10H2,1-5H3,(H,16,17). The van der Waals surface area contributed by atoms with Crippen molar-refractivity contribution < 1.29 is 9.90 Å². The fourth-order valence-electron chi connectivity index (χ4n) is 1.99. The molecule has 0 bridgehead atoms. The zero-order valence-corrected chi connectivity index (χ0v) is 11.9.